The smallest absolute Gasteiger partial charge is 0.236 e. The summed E-state index contributed by atoms with van der Waals surface area (Å²) in [5, 5.41) is 3.01. The van der Waals surface area contributed by atoms with Crippen LogP contribution in [0.25, 0.3) is 0 Å². The number of methoxy groups -OCH3 is 1. The highest BCUT2D eigenvalue weighted by molar-refractivity contribution is 5.78. The van der Waals surface area contributed by atoms with Crippen molar-refractivity contribution in [2.45, 2.75) is 18.9 Å². The summed E-state index contributed by atoms with van der Waals surface area (Å²) in [6.45, 7) is 6.24. The van der Waals surface area contributed by atoms with E-state index in [-0.39, 0.29) is 12.0 Å². The lowest BCUT2D eigenvalue weighted by molar-refractivity contribution is -0.133. The average Bonchev–Trinajstić information content (AvgIpc) is 2.29. The largest absolute Gasteiger partial charge is 0.380 e. The van der Waals surface area contributed by atoms with E-state index in [1.807, 2.05) is 4.90 Å². The Kier molecular flexibility index (Phi) is 5.36. The Morgan fingerprint density at radius 1 is 1.73 bits per heavy atom. The van der Waals surface area contributed by atoms with Gasteiger partial charge in [-0.3, -0.25) is 4.79 Å². The molecule has 0 radical (unpaired) electrons. The minimum Gasteiger partial charge on any atom is -0.380 e. The van der Waals surface area contributed by atoms with Gasteiger partial charge in [-0.05, 0) is 12.8 Å². The zero-order chi connectivity index (χ0) is 11.1. The number of hydrogen-bond donors (Lipinski definition) is 1. The van der Waals surface area contributed by atoms with Crippen molar-refractivity contribution in [3.8, 4) is 0 Å². The van der Waals surface area contributed by atoms with Crippen LogP contribution in [0.2, 0.25) is 0 Å². The number of carbonyl (C=O) groups excluding carboxylic acids is 1. The Balaban J connectivity index is 2.28. The normalized spacial score (nSPS) is 21.4. The minimum atomic E-state index is 0.151. The van der Waals surface area contributed by atoms with Gasteiger partial charge >= 0.3 is 0 Å². The summed E-state index contributed by atoms with van der Waals surface area (Å²) in [5.74, 6) is 0.151. The minimum absolute atomic E-state index is 0.151. The maximum Gasteiger partial charge on any atom is 0.236 e. The van der Waals surface area contributed by atoms with Crippen molar-refractivity contribution >= 4 is 5.91 Å². The van der Waals surface area contributed by atoms with Gasteiger partial charge in [0.1, 0.15) is 0 Å². The molecule has 1 aliphatic heterocycles. The van der Waals surface area contributed by atoms with Gasteiger partial charge in [0.2, 0.25) is 5.91 Å². The molecule has 0 aliphatic carbocycles. The Morgan fingerprint density at radius 3 is 3.20 bits per heavy atom. The molecule has 1 unspecified atom stereocenters. The van der Waals surface area contributed by atoms with Crippen LogP contribution in [0.3, 0.4) is 0 Å². The van der Waals surface area contributed by atoms with Crippen molar-refractivity contribution in [2.75, 3.05) is 33.3 Å². The van der Waals surface area contributed by atoms with Crippen LogP contribution < -0.4 is 5.32 Å². The highest BCUT2D eigenvalue weighted by atomic mass is 16.5. The van der Waals surface area contributed by atoms with E-state index in [2.05, 4.69) is 11.9 Å². The first-order chi connectivity index (χ1) is 7.27. The number of likely N-dealkylation sites (tertiary alicyclic amines) is 1. The number of carbonyl (C=O) groups is 1. The molecule has 1 rings (SSSR count). The number of piperidine rings is 1. The van der Waals surface area contributed by atoms with Gasteiger partial charge in [0.25, 0.3) is 0 Å². The summed E-state index contributed by atoms with van der Waals surface area (Å²) < 4.78 is 5.27. The highest BCUT2D eigenvalue weighted by Gasteiger charge is 2.22. The predicted octanol–water partition coefficient (Wildman–Crippen LogP) is 0.399. The number of nitrogens with zero attached hydrogens (tertiary/aromatic N) is 1. The standard InChI is InChI=1S/C11H20N2O2/c1-3-6-12-8-11(14)13-7-4-5-10(9-13)15-2/h3,10,12H,1,4-9H2,2H3. The Bertz CT molecular complexity index is 219. The first kappa shape index (κ1) is 12.2. The van der Waals surface area contributed by atoms with Gasteiger partial charge in [0, 0.05) is 26.7 Å². The van der Waals surface area contributed by atoms with Crippen LogP contribution >= 0.6 is 0 Å². The molecule has 1 heterocycles. The lowest BCUT2D eigenvalue weighted by Crippen LogP contribution is -2.46. The van der Waals surface area contributed by atoms with Crippen molar-refractivity contribution in [1.82, 2.24) is 10.2 Å². The molecule has 0 spiro atoms. The van der Waals surface area contributed by atoms with Crippen LogP contribution in [0.15, 0.2) is 12.7 Å². The first-order valence-electron chi connectivity index (χ1n) is 5.40. The van der Waals surface area contributed by atoms with Crippen molar-refractivity contribution < 1.29 is 9.53 Å². The summed E-state index contributed by atoms with van der Waals surface area (Å²) in [5.41, 5.74) is 0. The summed E-state index contributed by atoms with van der Waals surface area (Å²) in [6, 6.07) is 0. The third-order valence-corrected chi connectivity index (χ3v) is 2.63. The van der Waals surface area contributed by atoms with E-state index in [4.69, 9.17) is 4.74 Å². The Labute approximate surface area is 91.3 Å². The SMILES string of the molecule is C=CCNCC(=O)N1CCCC(OC)C1. The Morgan fingerprint density at radius 2 is 2.53 bits per heavy atom. The van der Waals surface area contributed by atoms with E-state index in [1.54, 1.807) is 13.2 Å². The van der Waals surface area contributed by atoms with Crippen LogP contribution in [-0.4, -0.2) is 50.2 Å². The third kappa shape index (κ3) is 4.01. The second-order valence-corrected chi connectivity index (χ2v) is 3.76. The van der Waals surface area contributed by atoms with Crippen LogP contribution in [0.4, 0.5) is 0 Å². The fourth-order valence-electron chi connectivity index (χ4n) is 1.75. The van der Waals surface area contributed by atoms with E-state index >= 15 is 0 Å². The zero-order valence-corrected chi connectivity index (χ0v) is 9.37. The second-order valence-electron chi connectivity index (χ2n) is 3.76. The lowest BCUT2D eigenvalue weighted by atomic mass is 10.1. The zero-order valence-electron chi connectivity index (χ0n) is 9.37. The molecule has 86 valence electrons. The van der Waals surface area contributed by atoms with Gasteiger partial charge in [-0.25, -0.2) is 0 Å². The first-order valence-corrected chi connectivity index (χ1v) is 5.40. The molecule has 1 aliphatic rings. The lowest BCUT2D eigenvalue weighted by Gasteiger charge is -2.32. The molecule has 4 nitrogen and oxygen atoms in total. The molecule has 15 heavy (non-hydrogen) atoms. The number of amides is 1. The molecule has 4 heteroatoms. The molecule has 0 aromatic heterocycles. The topological polar surface area (TPSA) is 41.6 Å². The molecule has 1 amide bonds. The summed E-state index contributed by atoms with van der Waals surface area (Å²) in [4.78, 5) is 13.6. The van der Waals surface area contributed by atoms with Gasteiger partial charge in [-0.1, -0.05) is 6.08 Å². The maximum atomic E-state index is 11.7. The van der Waals surface area contributed by atoms with Crippen LogP contribution in [0.5, 0.6) is 0 Å². The number of ether oxygens (including phenoxy) is 1. The highest BCUT2D eigenvalue weighted by Crippen LogP contribution is 2.12. The van der Waals surface area contributed by atoms with Crippen molar-refractivity contribution in [3.63, 3.8) is 0 Å². The summed E-state index contributed by atoms with van der Waals surface area (Å²) >= 11 is 0. The van der Waals surface area contributed by atoms with Crippen molar-refractivity contribution in [3.05, 3.63) is 12.7 Å². The summed E-state index contributed by atoms with van der Waals surface area (Å²) in [7, 11) is 1.70. The fraction of sp³-hybridized carbons (Fsp3) is 0.727. The molecule has 1 atom stereocenters. The van der Waals surface area contributed by atoms with Crippen molar-refractivity contribution in [2.24, 2.45) is 0 Å². The van der Waals surface area contributed by atoms with Gasteiger partial charge in [0.15, 0.2) is 0 Å². The molecule has 1 N–H and O–H groups in total. The predicted molar refractivity (Wildman–Crippen MR) is 59.7 cm³/mol. The fourth-order valence-corrected chi connectivity index (χ4v) is 1.75. The quantitative estimate of drug-likeness (QED) is 0.530. The van der Waals surface area contributed by atoms with E-state index in [9.17, 15) is 4.79 Å². The van der Waals surface area contributed by atoms with Gasteiger partial charge in [-0.2, -0.15) is 0 Å². The molecule has 1 saturated heterocycles. The average molecular weight is 212 g/mol. The van der Waals surface area contributed by atoms with E-state index in [0.29, 0.717) is 13.1 Å². The number of rotatable bonds is 5. The van der Waals surface area contributed by atoms with E-state index in [0.717, 1.165) is 25.9 Å². The molecule has 0 saturated carbocycles. The molecule has 0 aromatic carbocycles. The molecule has 0 aromatic rings. The number of nitrogens with one attached hydrogen (secondary N) is 1. The molecular formula is C11H20N2O2. The molecule has 1 fully saturated rings. The number of hydrogen-bond acceptors (Lipinski definition) is 3. The van der Waals surface area contributed by atoms with Crippen LogP contribution in [0.1, 0.15) is 12.8 Å². The van der Waals surface area contributed by atoms with Gasteiger partial charge in [-0.15, -0.1) is 6.58 Å². The Hall–Kier alpha value is -0.870. The monoisotopic (exact) mass is 212 g/mol. The van der Waals surface area contributed by atoms with Crippen LogP contribution in [0, 0.1) is 0 Å². The second kappa shape index (κ2) is 6.58. The van der Waals surface area contributed by atoms with Gasteiger partial charge in [0.05, 0.1) is 12.6 Å². The van der Waals surface area contributed by atoms with Crippen LogP contribution in [-0.2, 0) is 9.53 Å². The third-order valence-electron chi connectivity index (χ3n) is 2.63. The van der Waals surface area contributed by atoms with E-state index < -0.39 is 0 Å². The summed E-state index contributed by atoms with van der Waals surface area (Å²) in [6.07, 6.45) is 4.05. The van der Waals surface area contributed by atoms with Gasteiger partial charge < -0.3 is 15.0 Å². The molecular weight excluding hydrogens is 192 g/mol. The van der Waals surface area contributed by atoms with E-state index in [1.165, 1.54) is 0 Å². The molecule has 0 bridgehead atoms. The van der Waals surface area contributed by atoms with Crippen molar-refractivity contribution in [1.29, 1.82) is 0 Å². The maximum absolute atomic E-state index is 11.7.